The number of carbonyl (C=O) groups is 3. The van der Waals surface area contributed by atoms with Crippen molar-refractivity contribution < 1.29 is 24.2 Å². The van der Waals surface area contributed by atoms with Gasteiger partial charge in [-0.1, -0.05) is 18.6 Å². The second-order valence-corrected chi connectivity index (χ2v) is 8.67. The van der Waals surface area contributed by atoms with Gasteiger partial charge in [0.05, 0.1) is 18.6 Å². The Morgan fingerprint density at radius 1 is 1.11 bits per heavy atom. The van der Waals surface area contributed by atoms with Crippen molar-refractivity contribution in [2.75, 3.05) is 12.4 Å². The lowest BCUT2D eigenvalue weighted by molar-refractivity contribution is -0.313. The van der Waals surface area contributed by atoms with Crippen LogP contribution >= 0.6 is 11.3 Å². The van der Waals surface area contributed by atoms with Crippen LogP contribution in [-0.4, -0.2) is 25.0 Å². The number of hydrogen-bond acceptors (Lipinski definition) is 6. The Labute approximate surface area is 161 Å². The Hall–Kier alpha value is -2.15. The van der Waals surface area contributed by atoms with Gasteiger partial charge >= 0.3 is 5.97 Å². The fraction of sp³-hybridized carbons (Fsp3) is 0.550. The SMILES string of the molecule is COC(=O)c1c(NC(=O)[C@H]2[C@@H](C(=O)[O-])[C@H]3C=C[C@H]2C3)sc2c1CCCCC2. The number of thiophene rings is 1. The van der Waals surface area contributed by atoms with E-state index >= 15 is 0 Å². The summed E-state index contributed by atoms with van der Waals surface area (Å²) in [5, 5.41) is 14.9. The lowest BCUT2D eigenvalue weighted by Crippen LogP contribution is -2.42. The number of methoxy groups -OCH3 is 1. The van der Waals surface area contributed by atoms with Gasteiger partial charge in [0, 0.05) is 16.8 Å². The van der Waals surface area contributed by atoms with Crippen LogP contribution in [0.4, 0.5) is 5.00 Å². The van der Waals surface area contributed by atoms with Crippen molar-refractivity contribution >= 4 is 34.2 Å². The summed E-state index contributed by atoms with van der Waals surface area (Å²) in [5.74, 6) is -3.66. The second-order valence-electron chi connectivity index (χ2n) is 7.57. The van der Waals surface area contributed by atoms with E-state index in [0.29, 0.717) is 17.0 Å². The molecule has 0 radical (unpaired) electrons. The van der Waals surface area contributed by atoms with Crippen LogP contribution in [0.1, 0.15) is 46.5 Å². The fourth-order valence-electron chi connectivity index (χ4n) is 4.84. The first-order valence-electron chi connectivity index (χ1n) is 9.44. The highest BCUT2D eigenvalue weighted by Gasteiger charge is 2.49. The minimum Gasteiger partial charge on any atom is -0.550 e. The number of ether oxygens (including phenoxy) is 1. The zero-order chi connectivity index (χ0) is 19.1. The Morgan fingerprint density at radius 2 is 1.81 bits per heavy atom. The first-order valence-corrected chi connectivity index (χ1v) is 10.3. The molecule has 1 N–H and O–H groups in total. The summed E-state index contributed by atoms with van der Waals surface area (Å²) in [7, 11) is 1.33. The molecule has 2 bridgehead atoms. The van der Waals surface area contributed by atoms with E-state index in [1.54, 1.807) is 0 Å². The van der Waals surface area contributed by atoms with Crippen LogP contribution in [0.2, 0.25) is 0 Å². The molecule has 1 heterocycles. The molecule has 3 aliphatic carbocycles. The molecule has 0 aromatic carbocycles. The number of carboxylic acids is 1. The molecule has 7 heteroatoms. The fourth-order valence-corrected chi connectivity index (χ4v) is 6.13. The van der Waals surface area contributed by atoms with E-state index in [4.69, 9.17) is 4.74 Å². The highest BCUT2D eigenvalue weighted by Crippen LogP contribution is 2.48. The predicted octanol–water partition coefficient (Wildman–Crippen LogP) is 1.93. The highest BCUT2D eigenvalue weighted by atomic mass is 32.1. The van der Waals surface area contributed by atoms with Crippen LogP contribution in [0.25, 0.3) is 0 Å². The second kappa shape index (κ2) is 7.11. The Bertz CT molecular complexity index is 827. The van der Waals surface area contributed by atoms with E-state index in [2.05, 4.69) is 5.32 Å². The molecule has 0 unspecified atom stereocenters. The molecule has 1 fully saturated rings. The first kappa shape index (κ1) is 18.2. The third-order valence-electron chi connectivity index (χ3n) is 6.08. The van der Waals surface area contributed by atoms with Crippen molar-refractivity contribution in [3.63, 3.8) is 0 Å². The maximum atomic E-state index is 13.0. The van der Waals surface area contributed by atoms with Gasteiger partial charge in [0.2, 0.25) is 5.91 Å². The topological polar surface area (TPSA) is 95.5 Å². The third-order valence-corrected chi connectivity index (χ3v) is 7.29. The molecule has 0 spiro atoms. The lowest BCUT2D eigenvalue weighted by atomic mass is 9.82. The summed E-state index contributed by atoms with van der Waals surface area (Å²) in [4.78, 5) is 38.1. The number of anilines is 1. The molecule has 27 heavy (non-hydrogen) atoms. The number of carbonyl (C=O) groups excluding carboxylic acids is 3. The van der Waals surface area contributed by atoms with Crippen LogP contribution < -0.4 is 10.4 Å². The Kier molecular flexibility index (Phi) is 4.80. The van der Waals surface area contributed by atoms with Crippen molar-refractivity contribution in [3.05, 3.63) is 28.2 Å². The van der Waals surface area contributed by atoms with E-state index in [1.807, 2.05) is 12.2 Å². The number of hydrogen-bond donors (Lipinski definition) is 1. The number of aryl methyl sites for hydroxylation is 1. The molecule has 1 saturated carbocycles. The standard InChI is InChI=1S/C20H23NO5S/c1-26-20(25)16-12-5-3-2-4-6-13(12)27-18(16)21-17(22)14-10-7-8-11(9-10)15(14)19(23)24/h7-8,10-11,14-15H,2-6,9H2,1H3,(H,21,22)(H,23,24)/p-1/t10-,11-,14+,15-/m0/s1. The third kappa shape index (κ3) is 3.08. The molecule has 4 rings (SSSR count). The van der Waals surface area contributed by atoms with E-state index < -0.39 is 23.8 Å². The van der Waals surface area contributed by atoms with Crippen molar-refractivity contribution in [1.82, 2.24) is 0 Å². The number of rotatable bonds is 4. The molecule has 1 aromatic heterocycles. The number of amides is 1. The number of aliphatic carboxylic acids is 1. The smallest absolute Gasteiger partial charge is 0.341 e. The van der Waals surface area contributed by atoms with Crippen molar-refractivity contribution in [2.45, 2.75) is 38.5 Å². The van der Waals surface area contributed by atoms with Crippen LogP contribution in [0.15, 0.2) is 12.2 Å². The number of nitrogens with one attached hydrogen (secondary N) is 1. The lowest BCUT2D eigenvalue weighted by Gasteiger charge is -2.27. The molecule has 1 amide bonds. The van der Waals surface area contributed by atoms with Crippen molar-refractivity contribution in [1.29, 1.82) is 0 Å². The van der Waals surface area contributed by atoms with Gasteiger partial charge in [0.15, 0.2) is 0 Å². The largest absolute Gasteiger partial charge is 0.550 e. The number of esters is 1. The molecular weight excluding hydrogens is 366 g/mol. The van der Waals surface area contributed by atoms with Gasteiger partial charge in [-0.3, -0.25) is 4.79 Å². The predicted molar refractivity (Wildman–Crippen MR) is 98.3 cm³/mol. The minimum atomic E-state index is -1.18. The molecule has 144 valence electrons. The molecular formula is C20H22NO5S-. The number of carboxylic acid groups (broad SMARTS) is 1. The van der Waals surface area contributed by atoms with Gasteiger partial charge in [-0.15, -0.1) is 11.3 Å². The van der Waals surface area contributed by atoms with E-state index in [0.717, 1.165) is 42.5 Å². The summed E-state index contributed by atoms with van der Waals surface area (Å²) in [6, 6.07) is 0. The quantitative estimate of drug-likeness (QED) is 0.483. The van der Waals surface area contributed by atoms with Crippen LogP contribution in [0.3, 0.4) is 0 Å². The maximum absolute atomic E-state index is 13.0. The van der Waals surface area contributed by atoms with E-state index in [9.17, 15) is 19.5 Å². The van der Waals surface area contributed by atoms with Gasteiger partial charge in [0.25, 0.3) is 0 Å². The summed E-state index contributed by atoms with van der Waals surface area (Å²) in [6.45, 7) is 0. The molecule has 6 nitrogen and oxygen atoms in total. The van der Waals surface area contributed by atoms with Gasteiger partial charge in [0.1, 0.15) is 5.00 Å². The van der Waals surface area contributed by atoms with Crippen LogP contribution in [0.5, 0.6) is 0 Å². The summed E-state index contributed by atoms with van der Waals surface area (Å²) in [6.07, 6.45) is 9.34. The monoisotopic (exact) mass is 388 g/mol. The van der Waals surface area contributed by atoms with Crippen molar-refractivity contribution in [3.8, 4) is 0 Å². The average Bonchev–Trinajstić information content (AvgIpc) is 3.30. The maximum Gasteiger partial charge on any atom is 0.341 e. The van der Waals surface area contributed by atoms with Gasteiger partial charge < -0.3 is 20.0 Å². The average molecular weight is 388 g/mol. The minimum absolute atomic E-state index is 0.0859. The molecule has 3 aliphatic rings. The first-order chi connectivity index (χ1) is 13.0. The molecule has 0 saturated heterocycles. The Morgan fingerprint density at radius 3 is 2.52 bits per heavy atom. The van der Waals surface area contributed by atoms with Gasteiger partial charge in [-0.2, -0.15) is 0 Å². The molecule has 1 aromatic rings. The highest BCUT2D eigenvalue weighted by molar-refractivity contribution is 7.17. The van der Waals surface area contributed by atoms with Gasteiger partial charge in [-0.05, 0) is 49.5 Å². The molecule has 0 aliphatic heterocycles. The normalized spacial score (nSPS) is 28.5. The van der Waals surface area contributed by atoms with Gasteiger partial charge in [-0.25, -0.2) is 4.79 Å². The number of allylic oxidation sites excluding steroid dienone is 2. The summed E-state index contributed by atoms with van der Waals surface area (Å²) < 4.78 is 4.96. The van der Waals surface area contributed by atoms with Crippen LogP contribution in [0, 0.1) is 23.7 Å². The Balaban J connectivity index is 1.64. The van der Waals surface area contributed by atoms with E-state index in [1.165, 1.54) is 18.4 Å². The zero-order valence-corrected chi connectivity index (χ0v) is 16.0. The van der Waals surface area contributed by atoms with Crippen LogP contribution in [-0.2, 0) is 27.2 Å². The molecule has 4 atom stereocenters. The summed E-state index contributed by atoms with van der Waals surface area (Å²) >= 11 is 1.42. The van der Waals surface area contributed by atoms with Crippen molar-refractivity contribution in [2.24, 2.45) is 23.7 Å². The van der Waals surface area contributed by atoms with E-state index in [-0.39, 0.29) is 17.7 Å². The summed E-state index contributed by atoms with van der Waals surface area (Å²) in [5.41, 5.74) is 1.42. The number of fused-ring (bicyclic) bond motifs is 3. The zero-order valence-electron chi connectivity index (χ0n) is 15.2.